The molecule has 0 aliphatic carbocycles. The van der Waals surface area contributed by atoms with E-state index in [2.05, 4.69) is 29.6 Å². The van der Waals surface area contributed by atoms with Gasteiger partial charge in [-0.3, -0.25) is 9.59 Å². The zero-order chi connectivity index (χ0) is 24.0. The second-order valence-corrected chi connectivity index (χ2v) is 9.43. The van der Waals surface area contributed by atoms with Gasteiger partial charge in [0.15, 0.2) is 0 Å². The minimum atomic E-state index is -0.601. The predicted octanol–water partition coefficient (Wildman–Crippen LogP) is 5.11. The van der Waals surface area contributed by atoms with E-state index in [9.17, 15) is 9.59 Å². The number of fused-ring (bicyclic) bond motifs is 1. The molecule has 1 N–H and O–H groups in total. The maximum Gasteiger partial charge on any atom is 0.242 e. The lowest BCUT2D eigenvalue weighted by molar-refractivity contribution is -0.141. The molecule has 5 heteroatoms. The molecule has 0 saturated carbocycles. The van der Waals surface area contributed by atoms with Crippen LogP contribution < -0.4 is 10.1 Å². The van der Waals surface area contributed by atoms with Crippen LogP contribution in [0.3, 0.4) is 0 Å². The van der Waals surface area contributed by atoms with E-state index in [1.165, 1.54) is 0 Å². The Bertz CT molecular complexity index is 1110. The summed E-state index contributed by atoms with van der Waals surface area (Å²) in [5, 5.41) is 5.32. The molecule has 0 spiro atoms. The third-order valence-corrected chi connectivity index (χ3v) is 5.64. The summed E-state index contributed by atoms with van der Waals surface area (Å²) in [6, 6.07) is 21.4. The fourth-order valence-electron chi connectivity index (χ4n) is 3.92. The Kier molecular flexibility index (Phi) is 7.75. The van der Waals surface area contributed by atoms with Crippen LogP contribution in [0.4, 0.5) is 0 Å². The highest BCUT2D eigenvalue weighted by molar-refractivity contribution is 5.89. The van der Waals surface area contributed by atoms with Crippen molar-refractivity contribution in [2.45, 2.75) is 58.7 Å². The van der Waals surface area contributed by atoms with E-state index in [1.807, 2.05) is 63.2 Å². The number of hydrogen-bond acceptors (Lipinski definition) is 3. The number of amides is 2. The topological polar surface area (TPSA) is 58.6 Å². The maximum atomic E-state index is 13.4. The Morgan fingerprint density at radius 1 is 1.00 bits per heavy atom. The third kappa shape index (κ3) is 6.58. The summed E-state index contributed by atoms with van der Waals surface area (Å²) in [4.78, 5) is 28.0. The molecule has 33 heavy (non-hydrogen) atoms. The molecule has 174 valence electrons. The number of nitrogens with one attached hydrogen (secondary N) is 1. The summed E-state index contributed by atoms with van der Waals surface area (Å²) < 4.78 is 5.33. The molecule has 0 fully saturated rings. The number of carbonyl (C=O) groups excluding carboxylic acids is 2. The molecule has 3 aromatic rings. The van der Waals surface area contributed by atoms with Crippen molar-refractivity contribution in [3.63, 3.8) is 0 Å². The van der Waals surface area contributed by atoms with Crippen LogP contribution in [0.25, 0.3) is 10.8 Å². The second-order valence-electron chi connectivity index (χ2n) is 9.43. The van der Waals surface area contributed by atoms with E-state index in [4.69, 9.17) is 4.74 Å². The standard InChI is InChI=1S/C28H34N2O3/c1-20(27(32)29-28(2,3)4)30(19-21-10-8-14-24(18-21)33-5)26(31)17-16-23-13-9-12-22-11-6-7-15-25(22)23/h6-15,18,20H,16-17,19H2,1-5H3,(H,29,32)/t20-/m0/s1. The van der Waals surface area contributed by atoms with Crippen molar-refractivity contribution in [1.29, 1.82) is 0 Å². The van der Waals surface area contributed by atoms with E-state index in [1.54, 1.807) is 18.9 Å². The highest BCUT2D eigenvalue weighted by Crippen LogP contribution is 2.21. The van der Waals surface area contributed by atoms with Crippen LogP contribution in [-0.4, -0.2) is 35.4 Å². The summed E-state index contributed by atoms with van der Waals surface area (Å²) in [7, 11) is 1.62. The second kappa shape index (κ2) is 10.5. The van der Waals surface area contributed by atoms with Crippen LogP contribution in [0.1, 0.15) is 45.2 Å². The SMILES string of the molecule is COc1cccc(CN(C(=O)CCc2cccc3ccccc23)[C@@H](C)C(=O)NC(C)(C)C)c1. The average Bonchev–Trinajstić information content (AvgIpc) is 2.79. The minimum Gasteiger partial charge on any atom is -0.497 e. The van der Waals surface area contributed by atoms with Crippen LogP contribution in [0.2, 0.25) is 0 Å². The summed E-state index contributed by atoms with van der Waals surface area (Å²) >= 11 is 0. The van der Waals surface area contributed by atoms with Crippen LogP contribution in [0.5, 0.6) is 5.75 Å². The number of rotatable bonds is 8. The zero-order valence-corrected chi connectivity index (χ0v) is 20.2. The van der Waals surface area contributed by atoms with Gasteiger partial charge in [-0.05, 0) is 68.1 Å². The number of ether oxygens (including phenoxy) is 1. The smallest absolute Gasteiger partial charge is 0.242 e. The minimum absolute atomic E-state index is 0.0534. The average molecular weight is 447 g/mol. The fraction of sp³-hybridized carbons (Fsp3) is 0.357. The van der Waals surface area contributed by atoms with Crippen LogP contribution in [-0.2, 0) is 22.6 Å². The molecule has 0 radical (unpaired) electrons. The fourth-order valence-corrected chi connectivity index (χ4v) is 3.92. The quantitative estimate of drug-likeness (QED) is 0.523. The largest absolute Gasteiger partial charge is 0.497 e. The number of aryl methyl sites for hydroxylation is 1. The molecule has 0 aliphatic heterocycles. The van der Waals surface area contributed by atoms with E-state index in [-0.39, 0.29) is 17.4 Å². The molecule has 1 atom stereocenters. The van der Waals surface area contributed by atoms with Gasteiger partial charge in [-0.25, -0.2) is 0 Å². The van der Waals surface area contributed by atoms with Crippen molar-refractivity contribution in [2.75, 3.05) is 7.11 Å². The Morgan fingerprint density at radius 3 is 2.42 bits per heavy atom. The van der Waals surface area contributed by atoms with Gasteiger partial charge in [-0.2, -0.15) is 0 Å². The van der Waals surface area contributed by atoms with Gasteiger partial charge >= 0.3 is 0 Å². The van der Waals surface area contributed by atoms with Crippen LogP contribution in [0, 0.1) is 0 Å². The Balaban J connectivity index is 1.82. The molecule has 3 rings (SSSR count). The molecule has 0 aromatic heterocycles. The molecular weight excluding hydrogens is 412 g/mol. The lowest BCUT2D eigenvalue weighted by Gasteiger charge is -2.31. The van der Waals surface area contributed by atoms with E-state index >= 15 is 0 Å². The molecule has 2 amide bonds. The maximum absolute atomic E-state index is 13.4. The molecule has 0 bridgehead atoms. The van der Waals surface area contributed by atoms with Crippen molar-refractivity contribution >= 4 is 22.6 Å². The molecule has 0 saturated heterocycles. The highest BCUT2D eigenvalue weighted by atomic mass is 16.5. The van der Waals surface area contributed by atoms with E-state index in [0.29, 0.717) is 19.4 Å². The first kappa shape index (κ1) is 24.3. The van der Waals surface area contributed by atoms with E-state index in [0.717, 1.165) is 27.6 Å². The summed E-state index contributed by atoms with van der Waals surface area (Å²) in [6.45, 7) is 7.94. The molecule has 3 aromatic carbocycles. The predicted molar refractivity (Wildman–Crippen MR) is 133 cm³/mol. The van der Waals surface area contributed by atoms with Crippen LogP contribution >= 0.6 is 0 Å². The Labute approximate surface area is 196 Å². The summed E-state index contributed by atoms with van der Waals surface area (Å²) in [6.07, 6.45) is 0.938. The van der Waals surface area contributed by atoms with Gasteiger partial charge in [-0.1, -0.05) is 54.6 Å². The number of nitrogens with zero attached hydrogens (tertiary/aromatic N) is 1. The highest BCUT2D eigenvalue weighted by Gasteiger charge is 2.28. The molecule has 0 heterocycles. The van der Waals surface area contributed by atoms with Gasteiger partial charge in [0.2, 0.25) is 11.8 Å². The lowest BCUT2D eigenvalue weighted by atomic mass is 10.0. The first-order valence-electron chi connectivity index (χ1n) is 11.4. The molecule has 5 nitrogen and oxygen atoms in total. The Hall–Kier alpha value is -3.34. The summed E-state index contributed by atoms with van der Waals surface area (Å²) in [5.74, 6) is 0.508. The number of carbonyl (C=O) groups is 2. The van der Waals surface area contributed by atoms with Gasteiger partial charge in [0.1, 0.15) is 11.8 Å². The van der Waals surface area contributed by atoms with Crippen molar-refractivity contribution in [2.24, 2.45) is 0 Å². The Morgan fingerprint density at radius 2 is 1.70 bits per heavy atom. The first-order valence-corrected chi connectivity index (χ1v) is 11.4. The third-order valence-electron chi connectivity index (χ3n) is 5.64. The van der Waals surface area contributed by atoms with Gasteiger partial charge in [0.25, 0.3) is 0 Å². The number of hydrogen-bond donors (Lipinski definition) is 1. The van der Waals surface area contributed by atoms with Crippen LogP contribution in [0.15, 0.2) is 66.7 Å². The first-order chi connectivity index (χ1) is 15.7. The van der Waals surface area contributed by atoms with Crippen molar-refractivity contribution in [1.82, 2.24) is 10.2 Å². The number of benzene rings is 3. The molecule has 0 unspecified atom stereocenters. The molecule has 0 aliphatic rings. The van der Waals surface area contributed by atoms with Gasteiger partial charge in [-0.15, -0.1) is 0 Å². The van der Waals surface area contributed by atoms with Gasteiger partial charge in [0, 0.05) is 18.5 Å². The molecular formula is C28H34N2O3. The van der Waals surface area contributed by atoms with E-state index < -0.39 is 6.04 Å². The number of methoxy groups -OCH3 is 1. The monoisotopic (exact) mass is 446 g/mol. The van der Waals surface area contributed by atoms with Gasteiger partial charge in [0.05, 0.1) is 7.11 Å². The van der Waals surface area contributed by atoms with Crippen molar-refractivity contribution < 1.29 is 14.3 Å². The lowest BCUT2D eigenvalue weighted by Crippen LogP contribution is -2.52. The van der Waals surface area contributed by atoms with Crippen molar-refractivity contribution in [3.8, 4) is 5.75 Å². The normalized spacial score (nSPS) is 12.3. The zero-order valence-electron chi connectivity index (χ0n) is 20.2. The van der Waals surface area contributed by atoms with Gasteiger partial charge < -0.3 is 15.0 Å². The summed E-state index contributed by atoms with van der Waals surface area (Å²) in [5.41, 5.74) is 1.68. The van der Waals surface area contributed by atoms with Crippen molar-refractivity contribution in [3.05, 3.63) is 77.9 Å².